The molecule has 0 radical (unpaired) electrons. The van der Waals surface area contributed by atoms with E-state index in [2.05, 4.69) is 26.3 Å². The highest BCUT2D eigenvalue weighted by atomic mass is 15.3. The fourth-order valence-electron chi connectivity index (χ4n) is 3.21. The van der Waals surface area contributed by atoms with Gasteiger partial charge in [0, 0.05) is 19.1 Å². The number of nitrogens with one attached hydrogen (secondary N) is 1. The summed E-state index contributed by atoms with van der Waals surface area (Å²) in [5.41, 5.74) is 2.62. The molecule has 0 bridgehead atoms. The number of nitrogen functional groups attached to an aromatic ring is 1. The fourth-order valence-corrected chi connectivity index (χ4v) is 3.21. The number of rotatable bonds is 3. The Kier molecular flexibility index (Phi) is 3.84. The van der Waals surface area contributed by atoms with Crippen LogP contribution in [-0.4, -0.2) is 42.1 Å². The van der Waals surface area contributed by atoms with Crippen molar-refractivity contribution in [1.29, 1.82) is 0 Å². The molecule has 0 spiro atoms. The molecule has 3 heterocycles. The van der Waals surface area contributed by atoms with Crippen LogP contribution in [0.15, 0.2) is 18.2 Å². The summed E-state index contributed by atoms with van der Waals surface area (Å²) >= 11 is 0. The van der Waals surface area contributed by atoms with E-state index in [9.17, 15) is 0 Å². The lowest BCUT2D eigenvalue weighted by atomic mass is 10.1. The minimum atomic E-state index is 0.705. The summed E-state index contributed by atoms with van der Waals surface area (Å²) in [6.07, 6.45) is 5.38. The zero-order valence-corrected chi connectivity index (χ0v) is 11.4. The van der Waals surface area contributed by atoms with E-state index in [1.807, 2.05) is 12.1 Å². The molecule has 5 nitrogen and oxygen atoms in total. The van der Waals surface area contributed by atoms with Crippen LogP contribution in [0.5, 0.6) is 0 Å². The van der Waals surface area contributed by atoms with Gasteiger partial charge in [0.05, 0.1) is 0 Å². The van der Waals surface area contributed by atoms with Crippen LogP contribution in [-0.2, 0) is 0 Å². The molecular weight excluding hydrogens is 238 g/mol. The number of nitrogens with two attached hydrogens (primary N) is 1. The Morgan fingerprint density at radius 2 is 2.00 bits per heavy atom. The first-order chi connectivity index (χ1) is 9.36. The van der Waals surface area contributed by atoms with Gasteiger partial charge >= 0.3 is 0 Å². The van der Waals surface area contributed by atoms with Gasteiger partial charge in [-0.15, -0.1) is 0 Å². The molecule has 0 amide bonds. The van der Waals surface area contributed by atoms with E-state index in [0.717, 1.165) is 24.7 Å². The second-order valence-electron chi connectivity index (χ2n) is 5.51. The van der Waals surface area contributed by atoms with Crippen LogP contribution in [0.25, 0.3) is 0 Å². The van der Waals surface area contributed by atoms with Crippen LogP contribution in [0.2, 0.25) is 0 Å². The minimum absolute atomic E-state index is 0.705. The highest BCUT2D eigenvalue weighted by Crippen LogP contribution is 2.24. The van der Waals surface area contributed by atoms with Crippen LogP contribution < -0.4 is 16.2 Å². The van der Waals surface area contributed by atoms with Crippen molar-refractivity contribution in [2.24, 2.45) is 5.84 Å². The maximum Gasteiger partial charge on any atom is 0.142 e. The standard InChI is InChI=1S/C14H23N5/c15-17-13-5-4-6-14(16-13)19-10-7-12(11-19)18-8-2-1-3-9-18/h4-6,12H,1-3,7-11,15H2,(H,16,17). The summed E-state index contributed by atoms with van der Waals surface area (Å²) in [5, 5.41) is 0. The third-order valence-corrected chi connectivity index (χ3v) is 4.28. The molecule has 0 saturated carbocycles. The first-order valence-electron chi connectivity index (χ1n) is 7.29. The number of hydrogen-bond acceptors (Lipinski definition) is 5. The molecule has 1 aromatic rings. The lowest BCUT2D eigenvalue weighted by Gasteiger charge is -2.32. The minimum Gasteiger partial charge on any atom is -0.355 e. The monoisotopic (exact) mass is 261 g/mol. The van der Waals surface area contributed by atoms with Crippen molar-refractivity contribution in [3.8, 4) is 0 Å². The number of pyridine rings is 1. The average Bonchev–Trinajstić information content (AvgIpc) is 2.98. The van der Waals surface area contributed by atoms with Crippen molar-refractivity contribution in [2.75, 3.05) is 36.5 Å². The predicted octanol–water partition coefficient (Wildman–Crippen LogP) is 1.43. The van der Waals surface area contributed by atoms with Crippen molar-refractivity contribution in [1.82, 2.24) is 9.88 Å². The third-order valence-electron chi connectivity index (χ3n) is 4.28. The summed E-state index contributed by atoms with van der Waals surface area (Å²) < 4.78 is 0. The van der Waals surface area contributed by atoms with Crippen molar-refractivity contribution in [3.05, 3.63) is 18.2 Å². The third kappa shape index (κ3) is 2.82. The maximum atomic E-state index is 5.42. The molecule has 2 saturated heterocycles. The molecule has 2 aliphatic rings. The lowest BCUT2D eigenvalue weighted by molar-refractivity contribution is 0.175. The molecule has 3 rings (SSSR count). The van der Waals surface area contributed by atoms with Gasteiger partial charge in [0.15, 0.2) is 0 Å². The second-order valence-corrected chi connectivity index (χ2v) is 5.51. The zero-order chi connectivity index (χ0) is 13.1. The maximum absolute atomic E-state index is 5.42. The Bertz CT molecular complexity index is 416. The fraction of sp³-hybridized carbons (Fsp3) is 0.643. The molecule has 0 aromatic carbocycles. The number of likely N-dealkylation sites (tertiary alicyclic amines) is 1. The van der Waals surface area contributed by atoms with Gasteiger partial charge in [0.2, 0.25) is 0 Å². The van der Waals surface area contributed by atoms with E-state index in [-0.39, 0.29) is 0 Å². The van der Waals surface area contributed by atoms with E-state index in [4.69, 9.17) is 5.84 Å². The van der Waals surface area contributed by atoms with E-state index < -0.39 is 0 Å². The highest BCUT2D eigenvalue weighted by Gasteiger charge is 2.29. The van der Waals surface area contributed by atoms with Gasteiger partial charge in [0.1, 0.15) is 11.6 Å². The van der Waals surface area contributed by atoms with Crippen LogP contribution in [0.3, 0.4) is 0 Å². The second kappa shape index (κ2) is 5.75. The van der Waals surface area contributed by atoms with Gasteiger partial charge in [0.25, 0.3) is 0 Å². The van der Waals surface area contributed by atoms with E-state index in [1.165, 1.54) is 38.8 Å². The molecule has 2 fully saturated rings. The largest absolute Gasteiger partial charge is 0.355 e. The van der Waals surface area contributed by atoms with Crippen molar-refractivity contribution >= 4 is 11.6 Å². The zero-order valence-electron chi connectivity index (χ0n) is 11.4. The molecule has 5 heteroatoms. The van der Waals surface area contributed by atoms with Gasteiger partial charge in [-0.2, -0.15) is 0 Å². The van der Waals surface area contributed by atoms with Gasteiger partial charge in [-0.1, -0.05) is 12.5 Å². The Hall–Kier alpha value is -1.33. The molecule has 1 aromatic heterocycles. The van der Waals surface area contributed by atoms with Gasteiger partial charge in [-0.25, -0.2) is 10.8 Å². The van der Waals surface area contributed by atoms with E-state index >= 15 is 0 Å². The Morgan fingerprint density at radius 1 is 1.16 bits per heavy atom. The highest BCUT2D eigenvalue weighted by molar-refractivity contribution is 5.47. The van der Waals surface area contributed by atoms with Gasteiger partial charge < -0.3 is 10.3 Å². The normalized spacial score (nSPS) is 24.7. The van der Waals surface area contributed by atoms with Crippen molar-refractivity contribution in [3.63, 3.8) is 0 Å². The molecule has 1 unspecified atom stereocenters. The number of aromatic nitrogens is 1. The average molecular weight is 261 g/mol. The quantitative estimate of drug-likeness (QED) is 0.637. The Labute approximate surface area is 114 Å². The molecule has 2 aliphatic heterocycles. The van der Waals surface area contributed by atoms with Crippen LogP contribution in [0.4, 0.5) is 11.6 Å². The lowest BCUT2D eigenvalue weighted by Crippen LogP contribution is -2.40. The molecular formula is C14H23N5. The molecule has 104 valence electrons. The summed E-state index contributed by atoms with van der Waals surface area (Å²) in [6, 6.07) is 6.67. The number of nitrogens with zero attached hydrogens (tertiary/aromatic N) is 3. The number of hydrogen-bond donors (Lipinski definition) is 2. The summed E-state index contributed by atoms with van der Waals surface area (Å²) in [5.74, 6) is 7.19. The molecule has 1 atom stereocenters. The van der Waals surface area contributed by atoms with Crippen LogP contribution in [0, 0.1) is 0 Å². The van der Waals surface area contributed by atoms with Gasteiger partial charge in [-0.05, 0) is 44.5 Å². The topological polar surface area (TPSA) is 57.4 Å². The summed E-state index contributed by atoms with van der Waals surface area (Å²) in [4.78, 5) is 9.56. The Balaban J connectivity index is 1.64. The molecule has 19 heavy (non-hydrogen) atoms. The molecule has 0 aliphatic carbocycles. The van der Waals surface area contributed by atoms with Crippen molar-refractivity contribution < 1.29 is 0 Å². The van der Waals surface area contributed by atoms with Gasteiger partial charge in [-0.3, -0.25) is 4.90 Å². The number of anilines is 2. The summed E-state index contributed by atoms with van der Waals surface area (Å²) in [6.45, 7) is 4.75. The number of piperidine rings is 1. The van der Waals surface area contributed by atoms with Crippen LogP contribution in [0.1, 0.15) is 25.7 Å². The smallest absolute Gasteiger partial charge is 0.142 e. The number of hydrazine groups is 1. The summed E-state index contributed by atoms with van der Waals surface area (Å²) in [7, 11) is 0. The molecule has 3 N–H and O–H groups in total. The van der Waals surface area contributed by atoms with Crippen LogP contribution >= 0.6 is 0 Å². The SMILES string of the molecule is NNc1cccc(N2CCC(N3CCCCC3)C2)n1. The van der Waals surface area contributed by atoms with Crippen molar-refractivity contribution in [2.45, 2.75) is 31.7 Å². The predicted molar refractivity (Wildman–Crippen MR) is 78.1 cm³/mol. The Morgan fingerprint density at radius 3 is 2.79 bits per heavy atom. The first-order valence-corrected chi connectivity index (χ1v) is 7.29. The van der Waals surface area contributed by atoms with E-state index in [1.54, 1.807) is 0 Å². The van der Waals surface area contributed by atoms with E-state index in [0.29, 0.717) is 6.04 Å². The first kappa shape index (κ1) is 12.7.